The Labute approximate surface area is 126 Å². The summed E-state index contributed by atoms with van der Waals surface area (Å²) in [5.74, 6) is 1.31. The molecule has 3 rings (SSSR count). The van der Waals surface area contributed by atoms with E-state index in [1.807, 2.05) is 17.8 Å². The number of halogens is 2. The quantitative estimate of drug-likeness (QED) is 0.792. The summed E-state index contributed by atoms with van der Waals surface area (Å²) in [5.41, 5.74) is 1.75. The summed E-state index contributed by atoms with van der Waals surface area (Å²) >= 11 is 14.0. The van der Waals surface area contributed by atoms with Crippen molar-refractivity contribution in [3.05, 3.63) is 23.1 Å². The number of fused-ring (bicyclic) bond motifs is 1. The van der Waals surface area contributed by atoms with Crippen molar-refractivity contribution in [3.8, 4) is 0 Å². The van der Waals surface area contributed by atoms with Crippen molar-refractivity contribution >= 4 is 46.1 Å². The fourth-order valence-corrected chi connectivity index (χ4v) is 3.98. The summed E-state index contributed by atoms with van der Waals surface area (Å²) in [7, 11) is 0. The highest BCUT2D eigenvalue weighted by molar-refractivity contribution is 7.99. The molecule has 0 radical (unpaired) electrons. The van der Waals surface area contributed by atoms with E-state index < -0.39 is 0 Å². The Morgan fingerprint density at radius 2 is 2.32 bits per heavy atom. The second kappa shape index (κ2) is 5.51. The molecule has 0 spiro atoms. The smallest absolute Gasteiger partial charge is 0.160 e. The van der Waals surface area contributed by atoms with Crippen LogP contribution in [-0.2, 0) is 5.88 Å². The van der Waals surface area contributed by atoms with Crippen molar-refractivity contribution in [2.45, 2.75) is 36.4 Å². The zero-order valence-electron chi connectivity index (χ0n) is 10.6. The van der Waals surface area contributed by atoms with Crippen LogP contribution in [0.15, 0.2) is 12.3 Å². The predicted octanol–water partition coefficient (Wildman–Crippen LogP) is 4.28. The summed E-state index contributed by atoms with van der Waals surface area (Å²) < 4.78 is 2.22. The first-order valence-corrected chi connectivity index (χ1v) is 8.54. The number of pyridine rings is 1. The second-order valence-electron chi connectivity index (χ2n) is 4.85. The maximum Gasteiger partial charge on any atom is 0.160 e. The number of aromatic nitrogens is 3. The van der Waals surface area contributed by atoms with Crippen molar-refractivity contribution in [3.63, 3.8) is 0 Å². The van der Waals surface area contributed by atoms with Crippen LogP contribution in [0.1, 0.15) is 31.1 Å². The average molecular weight is 316 g/mol. The van der Waals surface area contributed by atoms with Gasteiger partial charge in [-0.05, 0) is 31.6 Å². The highest BCUT2D eigenvalue weighted by atomic mass is 35.5. The molecule has 2 unspecified atom stereocenters. The van der Waals surface area contributed by atoms with Gasteiger partial charge in [-0.1, -0.05) is 11.6 Å². The van der Waals surface area contributed by atoms with Gasteiger partial charge in [0.1, 0.15) is 11.3 Å². The van der Waals surface area contributed by atoms with Gasteiger partial charge in [0.05, 0.1) is 10.9 Å². The van der Waals surface area contributed by atoms with Crippen molar-refractivity contribution in [1.82, 2.24) is 14.5 Å². The molecule has 0 aliphatic heterocycles. The van der Waals surface area contributed by atoms with Crippen molar-refractivity contribution in [2.75, 3.05) is 6.26 Å². The number of nitrogens with zero attached hydrogens (tertiary/aromatic N) is 3. The maximum atomic E-state index is 6.04. The molecule has 0 N–H and O–H groups in total. The van der Waals surface area contributed by atoms with Gasteiger partial charge in [0.25, 0.3) is 0 Å². The Morgan fingerprint density at radius 3 is 3.00 bits per heavy atom. The van der Waals surface area contributed by atoms with Gasteiger partial charge in [-0.2, -0.15) is 11.8 Å². The average Bonchev–Trinajstić information content (AvgIpc) is 3.00. The molecule has 2 aromatic heterocycles. The summed E-state index contributed by atoms with van der Waals surface area (Å²) in [5, 5.41) is 1.35. The molecule has 1 aliphatic carbocycles. The minimum absolute atomic E-state index is 0.411. The molecule has 2 aromatic rings. The van der Waals surface area contributed by atoms with Gasteiger partial charge in [-0.3, -0.25) is 0 Å². The lowest BCUT2D eigenvalue weighted by Crippen LogP contribution is -2.10. The number of thioether (sulfide) groups is 1. The van der Waals surface area contributed by atoms with Gasteiger partial charge in [0, 0.05) is 17.5 Å². The van der Waals surface area contributed by atoms with Crippen LogP contribution in [0, 0.1) is 0 Å². The summed E-state index contributed by atoms with van der Waals surface area (Å²) in [6, 6.07) is 2.32. The Kier molecular flexibility index (Phi) is 3.92. The fourth-order valence-electron chi connectivity index (χ4n) is 2.85. The highest BCUT2D eigenvalue weighted by Gasteiger charge is 2.28. The van der Waals surface area contributed by atoms with Crippen LogP contribution in [0.3, 0.4) is 0 Å². The molecular weight excluding hydrogens is 301 g/mol. The third-order valence-electron chi connectivity index (χ3n) is 3.74. The molecule has 19 heavy (non-hydrogen) atoms. The molecule has 0 saturated heterocycles. The Balaban J connectivity index is 2.06. The van der Waals surface area contributed by atoms with E-state index in [0.717, 1.165) is 22.2 Å². The SMILES string of the molecule is CSC1CCC(n2c(CCl)nc3cc(Cl)cnc32)C1. The number of imidazole rings is 1. The molecule has 3 nitrogen and oxygen atoms in total. The van der Waals surface area contributed by atoms with Crippen molar-refractivity contribution < 1.29 is 0 Å². The van der Waals surface area contributed by atoms with Crippen molar-refractivity contribution in [1.29, 1.82) is 0 Å². The van der Waals surface area contributed by atoms with E-state index in [1.54, 1.807) is 6.20 Å². The number of hydrogen-bond donors (Lipinski definition) is 0. The van der Waals surface area contributed by atoms with Crippen LogP contribution in [0.2, 0.25) is 5.02 Å². The first-order chi connectivity index (χ1) is 9.22. The molecule has 0 bridgehead atoms. The lowest BCUT2D eigenvalue weighted by Gasteiger charge is -2.15. The standard InChI is InChI=1S/C13H15Cl2N3S/c1-19-10-3-2-9(5-10)18-12(6-14)17-11-4-8(15)7-16-13(11)18/h4,7,9-10H,2-3,5-6H2,1H3. The topological polar surface area (TPSA) is 30.7 Å². The van der Waals surface area contributed by atoms with E-state index in [4.69, 9.17) is 23.2 Å². The van der Waals surface area contributed by atoms with Gasteiger partial charge in [-0.25, -0.2) is 9.97 Å². The van der Waals surface area contributed by atoms with E-state index in [2.05, 4.69) is 20.8 Å². The largest absolute Gasteiger partial charge is 0.309 e. The molecule has 1 fully saturated rings. The number of hydrogen-bond acceptors (Lipinski definition) is 3. The summed E-state index contributed by atoms with van der Waals surface area (Å²) in [4.78, 5) is 9.01. The zero-order valence-corrected chi connectivity index (χ0v) is 13.0. The Bertz CT molecular complexity index is 599. The van der Waals surface area contributed by atoms with Gasteiger partial charge in [0.15, 0.2) is 5.65 Å². The minimum Gasteiger partial charge on any atom is -0.309 e. The lowest BCUT2D eigenvalue weighted by molar-refractivity contribution is 0.516. The van der Waals surface area contributed by atoms with E-state index in [1.165, 1.54) is 19.3 Å². The number of rotatable bonds is 3. The van der Waals surface area contributed by atoms with Gasteiger partial charge >= 0.3 is 0 Å². The second-order valence-corrected chi connectivity index (χ2v) is 6.69. The van der Waals surface area contributed by atoms with Crippen LogP contribution < -0.4 is 0 Å². The molecular formula is C13H15Cl2N3S. The maximum absolute atomic E-state index is 6.04. The first-order valence-electron chi connectivity index (χ1n) is 6.34. The normalized spacial score (nSPS) is 23.3. The molecule has 6 heteroatoms. The van der Waals surface area contributed by atoms with E-state index in [0.29, 0.717) is 16.9 Å². The van der Waals surface area contributed by atoms with Gasteiger partial charge < -0.3 is 4.57 Å². The Hall–Kier alpha value is -0.450. The highest BCUT2D eigenvalue weighted by Crippen LogP contribution is 2.38. The van der Waals surface area contributed by atoms with Gasteiger partial charge in [0.2, 0.25) is 0 Å². The van der Waals surface area contributed by atoms with Crippen LogP contribution >= 0.6 is 35.0 Å². The predicted molar refractivity (Wildman–Crippen MR) is 82.3 cm³/mol. The molecule has 102 valence electrons. The minimum atomic E-state index is 0.411. The zero-order chi connectivity index (χ0) is 13.4. The molecule has 2 atom stereocenters. The fraction of sp³-hybridized carbons (Fsp3) is 0.538. The molecule has 1 aliphatic rings. The van der Waals surface area contributed by atoms with E-state index in [-0.39, 0.29) is 0 Å². The first kappa shape index (κ1) is 13.5. The van der Waals surface area contributed by atoms with E-state index >= 15 is 0 Å². The van der Waals surface area contributed by atoms with Crippen LogP contribution in [0.25, 0.3) is 11.2 Å². The third-order valence-corrected chi connectivity index (χ3v) is 5.29. The monoisotopic (exact) mass is 315 g/mol. The van der Waals surface area contributed by atoms with Crippen LogP contribution in [-0.4, -0.2) is 26.0 Å². The lowest BCUT2D eigenvalue weighted by atomic mass is 10.2. The summed E-state index contributed by atoms with van der Waals surface area (Å²) in [6.45, 7) is 0. The van der Waals surface area contributed by atoms with Crippen molar-refractivity contribution in [2.24, 2.45) is 0 Å². The molecule has 1 saturated carbocycles. The Morgan fingerprint density at radius 1 is 1.47 bits per heavy atom. The molecule has 0 amide bonds. The van der Waals surface area contributed by atoms with Crippen LogP contribution in [0.5, 0.6) is 0 Å². The molecule has 2 heterocycles. The summed E-state index contributed by atoms with van der Waals surface area (Å²) in [6.07, 6.45) is 7.45. The third kappa shape index (κ3) is 2.46. The van der Waals surface area contributed by atoms with Gasteiger partial charge in [-0.15, -0.1) is 11.6 Å². The van der Waals surface area contributed by atoms with E-state index in [9.17, 15) is 0 Å². The van der Waals surface area contributed by atoms with Crippen LogP contribution in [0.4, 0.5) is 0 Å². The molecule has 0 aromatic carbocycles. The number of alkyl halides is 1.